The molecular formula is C18H22O4. The van der Waals surface area contributed by atoms with E-state index in [4.69, 9.17) is 9.78 Å². The molecule has 2 aromatic rings. The van der Waals surface area contributed by atoms with Gasteiger partial charge in [0, 0.05) is 0 Å². The van der Waals surface area contributed by atoms with Gasteiger partial charge in [-0.25, -0.2) is 0 Å². The molecule has 0 saturated carbocycles. The van der Waals surface area contributed by atoms with Gasteiger partial charge in [-0.05, 0) is 87.1 Å². The van der Waals surface area contributed by atoms with Crippen LogP contribution in [0.3, 0.4) is 0 Å². The molecule has 0 aromatic heterocycles. The lowest BCUT2D eigenvalue weighted by molar-refractivity contribution is -0.103. The Balaban J connectivity index is 2.32. The molecule has 0 atom stereocenters. The quantitative estimate of drug-likeness (QED) is 0.655. The molecule has 2 N–H and O–H groups in total. The third-order valence-corrected chi connectivity index (χ3v) is 4.40. The maximum absolute atomic E-state index is 10.1. The summed E-state index contributed by atoms with van der Waals surface area (Å²) in [5, 5.41) is 20.3. The van der Waals surface area contributed by atoms with Crippen LogP contribution in [-0.4, -0.2) is 10.2 Å². The fourth-order valence-corrected chi connectivity index (χ4v) is 2.28. The zero-order chi connectivity index (χ0) is 16.6. The van der Waals surface area contributed by atoms with E-state index in [0.717, 1.165) is 33.4 Å². The van der Waals surface area contributed by atoms with E-state index in [-0.39, 0.29) is 23.0 Å². The first-order chi connectivity index (χ1) is 10.2. The van der Waals surface area contributed by atoms with Gasteiger partial charge in [-0.3, -0.25) is 9.78 Å². The van der Waals surface area contributed by atoms with E-state index in [1.165, 1.54) is 0 Å². The summed E-state index contributed by atoms with van der Waals surface area (Å²) >= 11 is 0. The summed E-state index contributed by atoms with van der Waals surface area (Å²) in [6, 6.07) is 3.42. The third-order valence-electron chi connectivity index (χ3n) is 4.40. The fraction of sp³-hybridized carbons (Fsp3) is 0.333. The molecule has 0 saturated heterocycles. The molecule has 0 aliphatic carbocycles. The van der Waals surface area contributed by atoms with Crippen LogP contribution in [0.1, 0.15) is 33.4 Å². The van der Waals surface area contributed by atoms with Gasteiger partial charge in [-0.15, -0.1) is 0 Å². The summed E-state index contributed by atoms with van der Waals surface area (Å²) in [6.45, 7) is 11.4. The van der Waals surface area contributed by atoms with E-state index in [2.05, 4.69) is 0 Å². The molecule has 0 unspecified atom stereocenters. The Morgan fingerprint density at radius 2 is 0.909 bits per heavy atom. The second-order valence-corrected chi connectivity index (χ2v) is 5.75. The van der Waals surface area contributed by atoms with Gasteiger partial charge in [-0.1, -0.05) is 0 Å². The largest absolute Gasteiger partial charge is 0.504 e. The zero-order valence-electron chi connectivity index (χ0n) is 13.9. The minimum atomic E-state index is 0.0446. The highest BCUT2D eigenvalue weighted by Gasteiger charge is 2.15. The fourth-order valence-electron chi connectivity index (χ4n) is 2.28. The van der Waals surface area contributed by atoms with Crippen molar-refractivity contribution in [2.24, 2.45) is 0 Å². The third kappa shape index (κ3) is 2.69. The first-order valence-corrected chi connectivity index (χ1v) is 7.18. The van der Waals surface area contributed by atoms with E-state index in [9.17, 15) is 10.2 Å². The Bertz CT molecular complexity index is 669. The number of rotatable bonds is 3. The summed E-state index contributed by atoms with van der Waals surface area (Å²) in [7, 11) is 0. The van der Waals surface area contributed by atoms with Crippen molar-refractivity contribution in [1.29, 1.82) is 0 Å². The molecule has 0 heterocycles. The van der Waals surface area contributed by atoms with Crippen LogP contribution in [0.25, 0.3) is 0 Å². The van der Waals surface area contributed by atoms with Crippen LogP contribution in [-0.2, 0) is 0 Å². The van der Waals surface area contributed by atoms with Gasteiger partial charge < -0.3 is 10.2 Å². The van der Waals surface area contributed by atoms with E-state index in [1.807, 2.05) is 41.5 Å². The SMILES string of the molecule is Cc1cc(OOc2cc(C)c(C)c(C)c2O)c(O)c(C)c1C. The highest BCUT2D eigenvalue weighted by molar-refractivity contribution is 5.53. The van der Waals surface area contributed by atoms with Gasteiger partial charge in [-0.2, -0.15) is 0 Å². The predicted octanol–water partition coefficient (Wildman–Crippen LogP) is 4.32. The monoisotopic (exact) mass is 302 g/mol. The van der Waals surface area contributed by atoms with E-state index >= 15 is 0 Å². The number of benzene rings is 2. The topological polar surface area (TPSA) is 58.9 Å². The predicted molar refractivity (Wildman–Crippen MR) is 85.9 cm³/mol. The van der Waals surface area contributed by atoms with Gasteiger partial charge >= 0.3 is 0 Å². The molecule has 0 amide bonds. The van der Waals surface area contributed by atoms with Crippen molar-refractivity contribution in [1.82, 2.24) is 0 Å². The van der Waals surface area contributed by atoms with Crippen molar-refractivity contribution in [3.05, 3.63) is 45.5 Å². The molecule has 0 spiro atoms. The lowest BCUT2D eigenvalue weighted by atomic mass is 10.0. The van der Waals surface area contributed by atoms with E-state index < -0.39 is 0 Å². The summed E-state index contributed by atoms with van der Waals surface area (Å²) in [5.74, 6) is 0.554. The molecule has 0 radical (unpaired) electrons. The Morgan fingerprint density at radius 3 is 1.23 bits per heavy atom. The van der Waals surface area contributed by atoms with Crippen LogP contribution in [0.4, 0.5) is 0 Å². The number of hydrogen-bond donors (Lipinski definition) is 2. The molecule has 0 bridgehead atoms. The van der Waals surface area contributed by atoms with Gasteiger partial charge in [0.1, 0.15) is 0 Å². The molecular weight excluding hydrogens is 280 g/mol. The van der Waals surface area contributed by atoms with Crippen LogP contribution in [0, 0.1) is 41.5 Å². The Kier molecular flexibility index (Phi) is 4.22. The minimum absolute atomic E-state index is 0.0446. The highest BCUT2D eigenvalue weighted by Crippen LogP contribution is 2.37. The van der Waals surface area contributed by atoms with Crippen LogP contribution in [0.15, 0.2) is 12.1 Å². The van der Waals surface area contributed by atoms with Crippen molar-refractivity contribution in [3.63, 3.8) is 0 Å². The summed E-state index contributed by atoms with van der Waals surface area (Å²) in [6.07, 6.45) is 0. The van der Waals surface area contributed by atoms with Crippen molar-refractivity contribution in [2.45, 2.75) is 41.5 Å². The molecule has 118 valence electrons. The number of phenols is 2. The highest BCUT2D eigenvalue weighted by atomic mass is 17.2. The molecule has 4 nitrogen and oxygen atoms in total. The van der Waals surface area contributed by atoms with Crippen molar-refractivity contribution in [3.8, 4) is 23.0 Å². The maximum Gasteiger partial charge on any atom is 0.220 e. The van der Waals surface area contributed by atoms with Crippen molar-refractivity contribution < 1.29 is 20.0 Å². The number of hydrogen-bond acceptors (Lipinski definition) is 4. The Hall–Kier alpha value is -2.36. The second-order valence-electron chi connectivity index (χ2n) is 5.75. The van der Waals surface area contributed by atoms with E-state index in [1.54, 1.807) is 12.1 Å². The van der Waals surface area contributed by atoms with Crippen LogP contribution in [0.2, 0.25) is 0 Å². The number of aromatic hydroxyl groups is 2. The van der Waals surface area contributed by atoms with Crippen LogP contribution in [0.5, 0.6) is 23.0 Å². The zero-order valence-corrected chi connectivity index (χ0v) is 13.9. The Labute approximate surface area is 130 Å². The minimum Gasteiger partial charge on any atom is -0.504 e. The molecule has 0 fully saturated rings. The van der Waals surface area contributed by atoms with Crippen LogP contribution >= 0.6 is 0 Å². The number of phenolic OH excluding ortho intramolecular Hbond substituents is 2. The lowest BCUT2D eigenvalue weighted by Crippen LogP contribution is -2.04. The molecule has 22 heavy (non-hydrogen) atoms. The first kappa shape index (κ1) is 16.0. The summed E-state index contributed by atoms with van der Waals surface area (Å²) < 4.78 is 0. The van der Waals surface area contributed by atoms with Crippen molar-refractivity contribution in [2.75, 3.05) is 0 Å². The molecule has 4 heteroatoms. The molecule has 0 aliphatic heterocycles. The normalized spacial score (nSPS) is 10.6. The van der Waals surface area contributed by atoms with Gasteiger partial charge in [0.2, 0.25) is 11.5 Å². The molecule has 0 aliphatic rings. The maximum atomic E-state index is 10.1. The Morgan fingerprint density at radius 1 is 0.591 bits per heavy atom. The first-order valence-electron chi connectivity index (χ1n) is 7.18. The van der Waals surface area contributed by atoms with Crippen LogP contribution < -0.4 is 9.78 Å². The smallest absolute Gasteiger partial charge is 0.220 e. The van der Waals surface area contributed by atoms with Gasteiger partial charge in [0.25, 0.3) is 0 Å². The van der Waals surface area contributed by atoms with E-state index in [0.29, 0.717) is 0 Å². The molecule has 2 rings (SSSR count). The molecule has 2 aromatic carbocycles. The standard InChI is InChI=1S/C18H22O4/c1-9-7-15(17(19)13(5)11(9)3)21-22-16-8-10(2)12(4)14(6)18(16)20/h7-8,19-20H,1-6H3. The van der Waals surface area contributed by atoms with Gasteiger partial charge in [0.05, 0.1) is 0 Å². The van der Waals surface area contributed by atoms with Crippen molar-refractivity contribution >= 4 is 0 Å². The van der Waals surface area contributed by atoms with Gasteiger partial charge in [0.15, 0.2) is 11.5 Å². The number of aryl methyl sites for hydroxylation is 2. The summed E-state index contributed by atoms with van der Waals surface area (Å²) in [5.41, 5.74) is 5.51. The lowest BCUT2D eigenvalue weighted by Gasteiger charge is -2.15. The summed E-state index contributed by atoms with van der Waals surface area (Å²) in [4.78, 5) is 10.5. The average molecular weight is 302 g/mol. The average Bonchev–Trinajstić information content (AvgIpc) is 2.49. The second kappa shape index (κ2) is 5.79.